The number of likely N-dealkylation sites (tertiary alicyclic amines) is 1. The Morgan fingerprint density at radius 2 is 2.10 bits per heavy atom. The van der Waals surface area contributed by atoms with Crippen LogP contribution in [0.1, 0.15) is 23.7 Å². The second-order valence-electron chi connectivity index (χ2n) is 7.95. The van der Waals surface area contributed by atoms with Crippen molar-refractivity contribution >= 4 is 28.1 Å². The summed E-state index contributed by atoms with van der Waals surface area (Å²) in [6, 6.07) is 6.48. The van der Waals surface area contributed by atoms with E-state index in [9.17, 15) is 4.79 Å². The highest BCUT2D eigenvalue weighted by Gasteiger charge is 2.25. The molecule has 0 saturated carbocycles. The fourth-order valence-electron chi connectivity index (χ4n) is 3.91. The number of piperidine rings is 1. The summed E-state index contributed by atoms with van der Waals surface area (Å²) in [5.74, 6) is 0.649. The Kier molecular flexibility index (Phi) is 6.84. The molecule has 31 heavy (non-hydrogen) atoms. The van der Waals surface area contributed by atoms with Gasteiger partial charge in [-0.3, -0.25) is 4.79 Å². The molecule has 0 radical (unpaired) electrons. The molecule has 1 amide bonds. The van der Waals surface area contributed by atoms with Crippen LogP contribution in [0.25, 0.3) is 21.5 Å². The van der Waals surface area contributed by atoms with E-state index in [1.165, 1.54) is 0 Å². The van der Waals surface area contributed by atoms with Crippen molar-refractivity contribution in [2.24, 2.45) is 0 Å². The first-order valence-corrected chi connectivity index (χ1v) is 11.4. The Morgan fingerprint density at radius 3 is 2.81 bits per heavy atom. The lowest BCUT2D eigenvalue weighted by molar-refractivity contribution is -0.132. The summed E-state index contributed by atoms with van der Waals surface area (Å²) in [6.45, 7) is 5.13. The predicted octanol–water partition coefficient (Wildman–Crippen LogP) is 2.57. The monoisotopic (exact) mass is 440 g/mol. The zero-order valence-corrected chi connectivity index (χ0v) is 19.1. The summed E-state index contributed by atoms with van der Waals surface area (Å²) >= 11 is 1.55. The van der Waals surface area contributed by atoms with Gasteiger partial charge in [0.1, 0.15) is 15.8 Å². The highest BCUT2D eigenvalue weighted by atomic mass is 32.1. The van der Waals surface area contributed by atoms with Gasteiger partial charge >= 0.3 is 0 Å². The SMILES string of the molecule is COCCN(C)C1CCN(C(=O)Cc2ncc3ccc(-c4nnc(C)s4)cc3n2)CC1. The Hall–Kier alpha value is -2.49. The van der Waals surface area contributed by atoms with Crippen molar-refractivity contribution in [3.63, 3.8) is 0 Å². The first kappa shape index (κ1) is 21.7. The first-order chi connectivity index (χ1) is 15.0. The van der Waals surface area contributed by atoms with E-state index in [-0.39, 0.29) is 12.3 Å². The minimum absolute atomic E-state index is 0.0910. The van der Waals surface area contributed by atoms with Gasteiger partial charge in [-0.2, -0.15) is 0 Å². The van der Waals surface area contributed by atoms with Crippen LogP contribution in [0.5, 0.6) is 0 Å². The number of carbonyl (C=O) groups excluding carboxylic acids is 1. The number of fused-ring (bicyclic) bond motifs is 1. The molecule has 164 valence electrons. The zero-order chi connectivity index (χ0) is 21.8. The summed E-state index contributed by atoms with van der Waals surface area (Å²) in [6.07, 6.45) is 3.98. The average Bonchev–Trinajstić information content (AvgIpc) is 3.23. The third-order valence-electron chi connectivity index (χ3n) is 5.80. The van der Waals surface area contributed by atoms with E-state index in [0.717, 1.165) is 65.6 Å². The van der Waals surface area contributed by atoms with Crippen LogP contribution in [-0.2, 0) is 16.0 Å². The molecule has 4 rings (SSSR count). The van der Waals surface area contributed by atoms with Crippen molar-refractivity contribution in [2.45, 2.75) is 32.2 Å². The second kappa shape index (κ2) is 9.76. The second-order valence-corrected chi connectivity index (χ2v) is 9.13. The van der Waals surface area contributed by atoms with Gasteiger partial charge in [0, 0.05) is 49.9 Å². The summed E-state index contributed by atoms with van der Waals surface area (Å²) in [5.41, 5.74) is 1.80. The number of likely N-dealkylation sites (N-methyl/N-ethyl adjacent to an activating group) is 1. The maximum atomic E-state index is 12.8. The maximum Gasteiger partial charge on any atom is 0.230 e. The van der Waals surface area contributed by atoms with E-state index in [2.05, 4.69) is 32.1 Å². The molecule has 3 heterocycles. The quantitative estimate of drug-likeness (QED) is 0.558. The molecule has 9 heteroatoms. The van der Waals surface area contributed by atoms with Crippen LogP contribution >= 0.6 is 11.3 Å². The molecule has 3 aromatic rings. The van der Waals surface area contributed by atoms with E-state index in [0.29, 0.717) is 11.9 Å². The van der Waals surface area contributed by atoms with Gasteiger partial charge in [-0.15, -0.1) is 10.2 Å². The third kappa shape index (κ3) is 5.23. The molecule has 1 aliphatic heterocycles. The lowest BCUT2D eigenvalue weighted by Crippen LogP contribution is -2.46. The maximum absolute atomic E-state index is 12.8. The molecular formula is C22H28N6O2S. The number of methoxy groups -OCH3 is 1. The Bertz CT molecular complexity index is 1050. The number of benzene rings is 1. The van der Waals surface area contributed by atoms with Crippen molar-refractivity contribution in [1.29, 1.82) is 0 Å². The van der Waals surface area contributed by atoms with Crippen LogP contribution in [-0.4, -0.2) is 82.3 Å². The number of ether oxygens (including phenoxy) is 1. The molecule has 0 spiro atoms. The van der Waals surface area contributed by atoms with Gasteiger partial charge in [0.2, 0.25) is 5.91 Å². The molecule has 0 N–H and O–H groups in total. The fourth-order valence-corrected chi connectivity index (χ4v) is 4.60. The molecule has 1 fully saturated rings. The lowest BCUT2D eigenvalue weighted by Gasteiger charge is -2.36. The molecule has 0 bridgehead atoms. The normalized spacial score (nSPS) is 15.2. The van der Waals surface area contributed by atoms with Crippen molar-refractivity contribution < 1.29 is 9.53 Å². The minimum Gasteiger partial charge on any atom is -0.383 e. The van der Waals surface area contributed by atoms with Crippen molar-refractivity contribution in [3.05, 3.63) is 35.2 Å². The zero-order valence-electron chi connectivity index (χ0n) is 18.2. The topological polar surface area (TPSA) is 84.3 Å². The van der Waals surface area contributed by atoms with E-state index in [1.54, 1.807) is 24.6 Å². The largest absolute Gasteiger partial charge is 0.383 e. The van der Waals surface area contributed by atoms with Gasteiger partial charge in [-0.1, -0.05) is 23.5 Å². The fraction of sp³-hybridized carbons (Fsp3) is 0.500. The predicted molar refractivity (Wildman–Crippen MR) is 121 cm³/mol. The minimum atomic E-state index is 0.0910. The van der Waals surface area contributed by atoms with E-state index >= 15 is 0 Å². The Labute approximate surface area is 186 Å². The van der Waals surface area contributed by atoms with Crippen LogP contribution in [0.15, 0.2) is 24.4 Å². The van der Waals surface area contributed by atoms with Crippen LogP contribution in [0.2, 0.25) is 0 Å². The number of carbonyl (C=O) groups is 1. The van der Waals surface area contributed by atoms with Gasteiger partial charge in [-0.25, -0.2) is 9.97 Å². The molecule has 0 atom stereocenters. The Morgan fingerprint density at radius 1 is 1.29 bits per heavy atom. The standard InChI is InChI=1S/C22H28N6O2S/c1-15-25-26-22(31-15)16-4-5-17-14-23-20(24-19(17)12-16)13-21(29)28-8-6-18(7-9-28)27(2)10-11-30-3/h4-5,12,14,18H,6-11,13H2,1-3H3. The van der Waals surface area contributed by atoms with Crippen LogP contribution in [0.4, 0.5) is 0 Å². The summed E-state index contributed by atoms with van der Waals surface area (Å²) in [5, 5.41) is 11.0. The number of amides is 1. The summed E-state index contributed by atoms with van der Waals surface area (Å²) < 4.78 is 5.17. The van der Waals surface area contributed by atoms with E-state index < -0.39 is 0 Å². The van der Waals surface area contributed by atoms with E-state index in [1.807, 2.05) is 30.0 Å². The Balaban J connectivity index is 1.39. The highest BCUT2D eigenvalue weighted by Crippen LogP contribution is 2.26. The summed E-state index contributed by atoms with van der Waals surface area (Å²) in [4.78, 5) is 26.2. The number of rotatable bonds is 7. The molecule has 0 unspecified atom stereocenters. The smallest absolute Gasteiger partial charge is 0.230 e. The molecule has 1 saturated heterocycles. The molecule has 1 aromatic carbocycles. The molecule has 1 aliphatic rings. The van der Waals surface area contributed by atoms with Crippen LogP contribution in [0.3, 0.4) is 0 Å². The van der Waals surface area contributed by atoms with Crippen LogP contribution < -0.4 is 0 Å². The van der Waals surface area contributed by atoms with E-state index in [4.69, 9.17) is 4.74 Å². The van der Waals surface area contributed by atoms with Crippen LogP contribution in [0, 0.1) is 6.92 Å². The number of hydrogen-bond donors (Lipinski definition) is 0. The molecule has 8 nitrogen and oxygen atoms in total. The van der Waals surface area contributed by atoms with Crippen molar-refractivity contribution in [1.82, 2.24) is 30.0 Å². The third-order valence-corrected chi connectivity index (χ3v) is 6.69. The molecule has 2 aromatic heterocycles. The van der Waals surface area contributed by atoms with Gasteiger partial charge in [0.15, 0.2) is 0 Å². The first-order valence-electron chi connectivity index (χ1n) is 10.6. The lowest BCUT2D eigenvalue weighted by atomic mass is 10.0. The number of hydrogen-bond acceptors (Lipinski definition) is 8. The van der Waals surface area contributed by atoms with Gasteiger partial charge in [0.25, 0.3) is 0 Å². The average molecular weight is 441 g/mol. The molecule has 0 aliphatic carbocycles. The van der Waals surface area contributed by atoms with Gasteiger partial charge in [-0.05, 0) is 32.9 Å². The number of aromatic nitrogens is 4. The highest BCUT2D eigenvalue weighted by molar-refractivity contribution is 7.14. The molecular weight excluding hydrogens is 412 g/mol. The number of nitrogens with zero attached hydrogens (tertiary/aromatic N) is 6. The van der Waals surface area contributed by atoms with Crippen molar-refractivity contribution in [3.8, 4) is 10.6 Å². The number of aryl methyl sites for hydroxylation is 1. The van der Waals surface area contributed by atoms with Gasteiger partial charge in [0.05, 0.1) is 18.5 Å². The van der Waals surface area contributed by atoms with Gasteiger partial charge < -0.3 is 14.5 Å². The summed E-state index contributed by atoms with van der Waals surface area (Å²) in [7, 11) is 3.85. The van der Waals surface area contributed by atoms with Crippen molar-refractivity contribution in [2.75, 3.05) is 40.4 Å².